The third-order valence-corrected chi connectivity index (χ3v) is 3.62. The minimum Gasteiger partial charge on any atom is -0.345 e. The fraction of sp³-hybridized carbons (Fsp3) is 0.200. The molecule has 2 rings (SSSR count). The predicted molar refractivity (Wildman–Crippen MR) is 96.4 cm³/mol. The maximum absolute atomic E-state index is 12.2. The fourth-order valence-electron chi connectivity index (χ4n) is 2.22. The van der Waals surface area contributed by atoms with E-state index >= 15 is 0 Å². The van der Waals surface area contributed by atoms with Crippen LogP contribution in [0.5, 0.6) is 0 Å². The van der Waals surface area contributed by atoms with E-state index in [-0.39, 0.29) is 11.8 Å². The monoisotopic (exact) mass is 322 g/mol. The van der Waals surface area contributed by atoms with Crippen LogP contribution in [0.4, 0.5) is 0 Å². The molecule has 2 aromatic rings. The van der Waals surface area contributed by atoms with Crippen LogP contribution >= 0.6 is 0 Å². The Bertz CT molecular complexity index is 719. The lowest BCUT2D eigenvalue weighted by atomic mass is 10.1. The minimum absolute atomic E-state index is 0.0378. The first kappa shape index (κ1) is 17.5. The van der Waals surface area contributed by atoms with Crippen LogP contribution in [-0.4, -0.2) is 42.8 Å². The number of carbonyl (C=O) groups excluding carboxylic acids is 2. The summed E-state index contributed by atoms with van der Waals surface area (Å²) in [6.07, 6.45) is 3.31. The van der Waals surface area contributed by atoms with Crippen molar-refractivity contribution in [1.29, 1.82) is 0 Å². The molecule has 0 fully saturated rings. The van der Waals surface area contributed by atoms with Gasteiger partial charge in [-0.3, -0.25) is 9.59 Å². The van der Waals surface area contributed by atoms with Crippen LogP contribution in [0.1, 0.15) is 21.5 Å². The summed E-state index contributed by atoms with van der Waals surface area (Å²) in [5, 5.41) is 0. The normalized spacial score (nSPS) is 10.6. The zero-order valence-electron chi connectivity index (χ0n) is 14.3. The summed E-state index contributed by atoms with van der Waals surface area (Å²) in [4.78, 5) is 27.2. The van der Waals surface area contributed by atoms with E-state index in [4.69, 9.17) is 0 Å². The second-order valence-electron chi connectivity index (χ2n) is 5.83. The molecule has 0 aromatic heterocycles. The first-order chi connectivity index (χ1) is 11.5. The third kappa shape index (κ3) is 4.81. The van der Waals surface area contributed by atoms with E-state index in [2.05, 4.69) is 0 Å². The lowest BCUT2D eigenvalue weighted by molar-refractivity contribution is -0.125. The quantitative estimate of drug-likeness (QED) is 0.794. The van der Waals surface area contributed by atoms with Crippen LogP contribution in [0, 0.1) is 0 Å². The second-order valence-corrected chi connectivity index (χ2v) is 5.83. The van der Waals surface area contributed by atoms with E-state index in [0.717, 1.165) is 11.1 Å². The van der Waals surface area contributed by atoms with Crippen molar-refractivity contribution in [2.45, 2.75) is 6.54 Å². The first-order valence-corrected chi connectivity index (χ1v) is 7.76. The molecule has 0 aliphatic rings. The van der Waals surface area contributed by atoms with Crippen LogP contribution < -0.4 is 0 Å². The molecule has 0 spiro atoms. The van der Waals surface area contributed by atoms with Gasteiger partial charge in [-0.1, -0.05) is 42.5 Å². The molecule has 0 bridgehead atoms. The Morgan fingerprint density at radius 3 is 2.12 bits per heavy atom. The molecule has 4 nitrogen and oxygen atoms in total. The second kappa shape index (κ2) is 8.11. The molecule has 0 aliphatic heterocycles. The SMILES string of the molecule is CN(C)C(=O)c1ccc(/C=C/C(=O)N(C)Cc2ccccc2)cc1. The molecule has 0 saturated heterocycles. The van der Waals surface area contributed by atoms with Crippen molar-refractivity contribution in [3.8, 4) is 0 Å². The highest BCUT2D eigenvalue weighted by atomic mass is 16.2. The number of hydrogen-bond acceptors (Lipinski definition) is 2. The Morgan fingerprint density at radius 2 is 1.54 bits per heavy atom. The van der Waals surface area contributed by atoms with Crippen molar-refractivity contribution >= 4 is 17.9 Å². The van der Waals surface area contributed by atoms with Gasteiger partial charge in [-0.05, 0) is 29.3 Å². The molecule has 4 heteroatoms. The molecule has 0 heterocycles. The molecule has 0 unspecified atom stereocenters. The highest BCUT2D eigenvalue weighted by Crippen LogP contribution is 2.09. The topological polar surface area (TPSA) is 40.6 Å². The van der Waals surface area contributed by atoms with E-state index in [1.807, 2.05) is 42.5 Å². The largest absolute Gasteiger partial charge is 0.345 e. The molecular weight excluding hydrogens is 300 g/mol. The molecular formula is C20H22N2O2. The Kier molecular flexibility index (Phi) is 5.90. The average Bonchev–Trinajstić information content (AvgIpc) is 2.60. The number of carbonyl (C=O) groups is 2. The number of hydrogen-bond donors (Lipinski definition) is 0. The highest BCUT2D eigenvalue weighted by molar-refractivity contribution is 5.94. The number of benzene rings is 2. The van der Waals surface area contributed by atoms with Crippen LogP contribution in [0.15, 0.2) is 60.7 Å². The van der Waals surface area contributed by atoms with Gasteiger partial charge in [0.15, 0.2) is 0 Å². The smallest absolute Gasteiger partial charge is 0.253 e. The molecule has 0 radical (unpaired) electrons. The molecule has 0 N–H and O–H groups in total. The Hall–Kier alpha value is -2.88. The fourth-order valence-corrected chi connectivity index (χ4v) is 2.22. The Balaban J connectivity index is 1.97. The minimum atomic E-state index is -0.0627. The van der Waals surface area contributed by atoms with Crippen molar-refractivity contribution in [3.05, 3.63) is 77.4 Å². The number of likely N-dealkylation sites (N-methyl/N-ethyl adjacent to an activating group) is 1. The molecule has 2 amide bonds. The predicted octanol–water partition coefficient (Wildman–Crippen LogP) is 3.06. The maximum atomic E-state index is 12.2. The number of rotatable bonds is 5. The van der Waals surface area contributed by atoms with E-state index in [0.29, 0.717) is 12.1 Å². The molecule has 124 valence electrons. The van der Waals surface area contributed by atoms with Gasteiger partial charge in [-0.15, -0.1) is 0 Å². The van der Waals surface area contributed by atoms with E-state index in [1.165, 1.54) is 4.90 Å². The highest BCUT2D eigenvalue weighted by Gasteiger charge is 2.07. The zero-order valence-corrected chi connectivity index (χ0v) is 14.3. The summed E-state index contributed by atoms with van der Waals surface area (Å²) >= 11 is 0. The van der Waals surface area contributed by atoms with E-state index in [9.17, 15) is 9.59 Å². The van der Waals surface area contributed by atoms with Gasteiger partial charge < -0.3 is 9.80 Å². The van der Waals surface area contributed by atoms with Crippen molar-refractivity contribution in [2.24, 2.45) is 0 Å². The van der Waals surface area contributed by atoms with Gasteiger partial charge in [0, 0.05) is 39.3 Å². The number of amides is 2. The summed E-state index contributed by atoms with van der Waals surface area (Å²) in [5.74, 6) is -0.100. The maximum Gasteiger partial charge on any atom is 0.253 e. The van der Waals surface area contributed by atoms with E-state index in [1.54, 1.807) is 50.3 Å². The van der Waals surface area contributed by atoms with E-state index < -0.39 is 0 Å². The van der Waals surface area contributed by atoms with Gasteiger partial charge in [0.2, 0.25) is 5.91 Å². The molecule has 2 aromatic carbocycles. The Labute approximate surface area is 143 Å². The van der Waals surface area contributed by atoms with Crippen LogP contribution in [0.3, 0.4) is 0 Å². The number of nitrogens with zero attached hydrogens (tertiary/aromatic N) is 2. The van der Waals surface area contributed by atoms with Crippen molar-refractivity contribution < 1.29 is 9.59 Å². The molecule has 0 saturated carbocycles. The third-order valence-electron chi connectivity index (χ3n) is 3.62. The van der Waals surface area contributed by atoms with Crippen LogP contribution in [0.25, 0.3) is 6.08 Å². The lowest BCUT2D eigenvalue weighted by Crippen LogP contribution is -2.24. The van der Waals surface area contributed by atoms with Crippen LogP contribution in [-0.2, 0) is 11.3 Å². The average molecular weight is 322 g/mol. The molecule has 24 heavy (non-hydrogen) atoms. The van der Waals surface area contributed by atoms with Crippen molar-refractivity contribution in [1.82, 2.24) is 9.80 Å². The van der Waals surface area contributed by atoms with Gasteiger partial charge in [0.1, 0.15) is 0 Å². The van der Waals surface area contributed by atoms with Gasteiger partial charge >= 0.3 is 0 Å². The van der Waals surface area contributed by atoms with Gasteiger partial charge in [0.25, 0.3) is 5.91 Å². The van der Waals surface area contributed by atoms with Gasteiger partial charge in [0.05, 0.1) is 0 Å². The summed E-state index contributed by atoms with van der Waals surface area (Å²) in [6, 6.07) is 17.0. The zero-order chi connectivity index (χ0) is 17.5. The first-order valence-electron chi connectivity index (χ1n) is 7.76. The summed E-state index contributed by atoms with van der Waals surface area (Å²) in [5.41, 5.74) is 2.60. The summed E-state index contributed by atoms with van der Waals surface area (Å²) in [6.45, 7) is 0.570. The standard InChI is InChI=1S/C20H22N2O2/c1-21(2)20(24)18-12-9-16(10-13-18)11-14-19(23)22(3)15-17-7-5-4-6-8-17/h4-14H,15H2,1-3H3/b14-11+. The summed E-state index contributed by atoms with van der Waals surface area (Å²) in [7, 11) is 5.22. The van der Waals surface area contributed by atoms with Gasteiger partial charge in [-0.2, -0.15) is 0 Å². The van der Waals surface area contributed by atoms with Crippen LogP contribution in [0.2, 0.25) is 0 Å². The Morgan fingerprint density at radius 1 is 0.917 bits per heavy atom. The van der Waals surface area contributed by atoms with Crippen molar-refractivity contribution in [2.75, 3.05) is 21.1 Å². The van der Waals surface area contributed by atoms with Gasteiger partial charge in [-0.25, -0.2) is 0 Å². The summed E-state index contributed by atoms with van der Waals surface area (Å²) < 4.78 is 0. The lowest BCUT2D eigenvalue weighted by Gasteiger charge is -2.15. The molecule has 0 aliphatic carbocycles. The molecule has 0 atom stereocenters. The van der Waals surface area contributed by atoms with Crippen molar-refractivity contribution in [3.63, 3.8) is 0 Å².